The van der Waals surface area contributed by atoms with E-state index >= 15 is 0 Å². The van der Waals surface area contributed by atoms with Crippen molar-refractivity contribution < 1.29 is 0 Å². The van der Waals surface area contributed by atoms with Gasteiger partial charge in [-0.15, -0.1) is 0 Å². The van der Waals surface area contributed by atoms with Crippen LogP contribution in [0.4, 0.5) is 0 Å². The highest BCUT2D eigenvalue weighted by Crippen LogP contribution is 2.14. The number of hydrogen-bond acceptors (Lipinski definition) is 1. The number of aryl methyl sites for hydroxylation is 2. The average molecular weight is 162 g/mol. The SMILES string of the molecule is Cc1cc(C)n(C)c1CCC#N. The summed E-state index contributed by atoms with van der Waals surface area (Å²) in [5.74, 6) is 0. The minimum absolute atomic E-state index is 0.609. The highest BCUT2D eigenvalue weighted by molar-refractivity contribution is 5.26. The zero-order chi connectivity index (χ0) is 9.14. The molecule has 0 aliphatic rings. The smallest absolute Gasteiger partial charge is 0.0625 e. The van der Waals surface area contributed by atoms with E-state index in [-0.39, 0.29) is 0 Å². The van der Waals surface area contributed by atoms with Gasteiger partial charge in [-0.1, -0.05) is 0 Å². The Morgan fingerprint density at radius 3 is 2.58 bits per heavy atom. The van der Waals surface area contributed by atoms with Crippen LogP contribution in [0.2, 0.25) is 0 Å². The Morgan fingerprint density at radius 2 is 2.17 bits per heavy atom. The van der Waals surface area contributed by atoms with Gasteiger partial charge in [-0.3, -0.25) is 0 Å². The Bertz CT molecular complexity index is 315. The van der Waals surface area contributed by atoms with E-state index in [1.165, 1.54) is 17.0 Å². The van der Waals surface area contributed by atoms with E-state index in [0.29, 0.717) is 6.42 Å². The Kier molecular flexibility index (Phi) is 2.54. The first kappa shape index (κ1) is 8.86. The van der Waals surface area contributed by atoms with Crippen molar-refractivity contribution >= 4 is 0 Å². The third-order valence-electron chi connectivity index (χ3n) is 2.29. The molecule has 0 fully saturated rings. The minimum atomic E-state index is 0.609. The second-order valence-corrected chi connectivity index (χ2v) is 3.13. The van der Waals surface area contributed by atoms with Crippen molar-refractivity contribution in [2.45, 2.75) is 26.7 Å². The third kappa shape index (κ3) is 1.50. The summed E-state index contributed by atoms with van der Waals surface area (Å²) in [5.41, 5.74) is 3.85. The van der Waals surface area contributed by atoms with E-state index in [1.807, 2.05) is 0 Å². The van der Waals surface area contributed by atoms with Crippen LogP contribution in [0.5, 0.6) is 0 Å². The molecule has 12 heavy (non-hydrogen) atoms. The Balaban J connectivity index is 2.91. The van der Waals surface area contributed by atoms with Crippen LogP contribution in [-0.2, 0) is 13.5 Å². The summed E-state index contributed by atoms with van der Waals surface area (Å²) in [6.45, 7) is 4.18. The van der Waals surface area contributed by atoms with Crippen molar-refractivity contribution in [2.75, 3.05) is 0 Å². The Hall–Kier alpha value is -1.23. The monoisotopic (exact) mass is 162 g/mol. The van der Waals surface area contributed by atoms with Crippen LogP contribution in [0, 0.1) is 25.2 Å². The van der Waals surface area contributed by atoms with Gasteiger partial charge in [0, 0.05) is 31.3 Å². The van der Waals surface area contributed by atoms with Crippen molar-refractivity contribution in [3.05, 3.63) is 23.0 Å². The zero-order valence-corrected chi connectivity index (χ0v) is 7.89. The number of nitrogens with zero attached hydrogens (tertiary/aromatic N) is 2. The van der Waals surface area contributed by atoms with E-state index < -0.39 is 0 Å². The lowest BCUT2D eigenvalue weighted by Crippen LogP contribution is -1.98. The van der Waals surface area contributed by atoms with Gasteiger partial charge in [0.2, 0.25) is 0 Å². The van der Waals surface area contributed by atoms with E-state index in [1.54, 1.807) is 0 Å². The first-order chi connectivity index (χ1) is 5.66. The van der Waals surface area contributed by atoms with Crippen LogP contribution < -0.4 is 0 Å². The molecule has 0 saturated heterocycles. The van der Waals surface area contributed by atoms with Gasteiger partial charge >= 0.3 is 0 Å². The molecule has 1 heterocycles. The predicted molar refractivity (Wildman–Crippen MR) is 48.8 cm³/mol. The van der Waals surface area contributed by atoms with Gasteiger partial charge in [-0.05, 0) is 25.5 Å². The topological polar surface area (TPSA) is 28.7 Å². The molecule has 2 heteroatoms. The van der Waals surface area contributed by atoms with Crippen LogP contribution in [0.3, 0.4) is 0 Å². The fraction of sp³-hybridized carbons (Fsp3) is 0.500. The van der Waals surface area contributed by atoms with E-state index in [9.17, 15) is 0 Å². The summed E-state index contributed by atoms with van der Waals surface area (Å²) in [7, 11) is 2.05. The Morgan fingerprint density at radius 1 is 1.50 bits per heavy atom. The summed E-state index contributed by atoms with van der Waals surface area (Å²) in [4.78, 5) is 0. The maximum absolute atomic E-state index is 8.46. The molecular weight excluding hydrogens is 148 g/mol. The third-order valence-corrected chi connectivity index (χ3v) is 2.29. The molecule has 0 aliphatic heterocycles. The fourth-order valence-electron chi connectivity index (χ4n) is 1.51. The van der Waals surface area contributed by atoms with E-state index in [2.05, 4.69) is 37.6 Å². The maximum atomic E-state index is 8.46. The normalized spacial score (nSPS) is 9.83. The van der Waals surface area contributed by atoms with Crippen LogP contribution in [0.1, 0.15) is 23.4 Å². The molecule has 1 rings (SSSR count). The molecule has 0 N–H and O–H groups in total. The van der Waals surface area contributed by atoms with Crippen LogP contribution in [-0.4, -0.2) is 4.57 Å². The van der Waals surface area contributed by atoms with Crippen molar-refractivity contribution in [2.24, 2.45) is 7.05 Å². The number of aromatic nitrogens is 1. The van der Waals surface area contributed by atoms with Gasteiger partial charge in [0.05, 0.1) is 6.07 Å². The van der Waals surface area contributed by atoms with Gasteiger partial charge in [0.25, 0.3) is 0 Å². The van der Waals surface area contributed by atoms with Crippen molar-refractivity contribution in [3.63, 3.8) is 0 Å². The molecule has 0 spiro atoms. The zero-order valence-electron chi connectivity index (χ0n) is 7.89. The molecular formula is C10H14N2. The lowest BCUT2D eigenvalue weighted by molar-refractivity contribution is 0.784. The first-order valence-corrected chi connectivity index (χ1v) is 4.15. The van der Waals surface area contributed by atoms with Crippen LogP contribution >= 0.6 is 0 Å². The second kappa shape index (κ2) is 3.44. The molecule has 0 aromatic carbocycles. The van der Waals surface area contributed by atoms with Gasteiger partial charge in [0.1, 0.15) is 0 Å². The standard InChI is InChI=1S/C10H14N2/c1-8-7-9(2)12(3)10(8)5-4-6-11/h7H,4-5H2,1-3H3. The largest absolute Gasteiger partial charge is 0.352 e. The van der Waals surface area contributed by atoms with Crippen molar-refractivity contribution in [3.8, 4) is 6.07 Å². The molecule has 1 aromatic heterocycles. The number of hydrogen-bond donors (Lipinski definition) is 0. The summed E-state index contributed by atoms with van der Waals surface area (Å²) in [5, 5.41) is 8.46. The minimum Gasteiger partial charge on any atom is -0.352 e. The lowest BCUT2D eigenvalue weighted by atomic mass is 10.2. The summed E-state index contributed by atoms with van der Waals surface area (Å²) < 4.78 is 2.16. The van der Waals surface area contributed by atoms with Gasteiger partial charge < -0.3 is 4.57 Å². The van der Waals surface area contributed by atoms with Gasteiger partial charge in [-0.2, -0.15) is 5.26 Å². The first-order valence-electron chi connectivity index (χ1n) is 4.15. The Labute approximate surface area is 73.4 Å². The van der Waals surface area contributed by atoms with Gasteiger partial charge in [-0.25, -0.2) is 0 Å². The second-order valence-electron chi connectivity index (χ2n) is 3.13. The highest BCUT2D eigenvalue weighted by atomic mass is 14.9. The molecule has 1 aromatic rings. The molecule has 0 saturated carbocycles. The highest BCUT2D eigenvalue weighted by Gasteiger charge is 2.05. The molecule has 64 valence electrons. The molecule has 0 atom stereocenters. The molecule has 0 radical (unpaired) electrons. The summed E-state index contributed by atoms with van der Waals surface area (Å²) in [6, 6.07) is 4.33. The molecule has 0 aliphatic carbocycles. The van der Waals surface area contributed by atoms with E-state index in [0.717, 1.165) is 6.42 Å². The van der Waals surface area contributed by atoms with Crippen LogP contribution in [0.15, 0.2) is 6.07 Å². The molecule has 0 unspecified atom stereocenters. The number of rotatable bonds is 2. The van der Waals surface area contributed by atoms with Crippen LogP contribution in [0.25, 0.3) is 0 Å². The number of nitriles is 1. The summed E-state index contributed by atoms with van der Waals surface area (Å²) in [6.07, 6.45) is 1.48. The predicted octanol–water partition coefficient (Wildman–Crippen LogP) is 2.10. The molecule has 2 nitrogen and oxygen atoms in total. The molecule has 0 amide bonds. The van der Waals surface area contributed by atoms with Crippen molar-refractivity contribution in [1.82, 2.24) is 4.57 Å². The molecule has 0 bridgehead atoms. The van der Waals surface area contributed by atoms with Gasteiger partial charge in [0.15, 0.2) is 0 Å². The lowest BCUT2D eigenvalue weighted by Gasteiger charge is -2.03. The fourth-order valence-corrected chi connectivity index (χ4v) is 1.51. The van der Waals surface area contributed by atoms with E-state index in [4.69, 9.17) is 5.26 Å². The van der Waals surface area contributed by atoms with Crippen molar-refractivity contribution in [1.29, 1.82) is 5.26 Å². The summed E-state index contributed by atoms with van der Waals surface area (Å²) >= 11 is 0. The quantitative estimate of drug-likeness (QED) is 0.654. The average Bonchev–Trinajstić information content (AvgIpc) is 2.25. The maximum Gasteiger partial charge on any atom is 0.0625 e.